The van der Waals surface area contributed by atoms with E-state index >= 15 is 0 Å². The molecule has 0 saturated carbocycles. The quantitative estimate of drug-likeness (QED) is 0.220. The maximum Gasteiger partial charge on any atom is 0.310 e. The molecular formula is C40H54N4O5. The Morgan fingerprint density at radius 3 is 2.49 bits per heavy atom. The number of hydrogen-bond donors (Lipinski definition) is 1. The minimum atomic E-state index is -0.458. The number of ether oxygens (including phenoxy) is 3. The third-order valence-electron chi connectivity index (χ3n) is 9.80. The minimum Gasteiger partial charge on any atom is -0.490 e. The Morgan fingerprint density at radius 2 is 1.80 bits per heavy atom. The topological polar surface area (TPSA) is 98.4 Å². The lowest BCUT2D eigenvalue weighted by molar-refractivity contribution is -0.139. The van der Waals surface area contributed by atoms with E-state index in [1.807, 2.05) is 24.4 Å². The molecule has 4 aromatic rings. The van der Waals surface area contributed by atoms with E-state index in [2.05, 4.69) is 68.1 Å². The maximum atomic E-state index is 12.5. The Bertz CT molecular complexity index is 1750. The lowest BCUT2D eigenvalue weighted by atomic mass is 9.92. The van der Waals surface area contributed by atoms with Crippen molar-refractivity contribution in [2.24, 2.45) is 0 Å². The van der Waals surface area contributed by atoms with Gasteiger partial charge in [0.05, 0.1) is 36.5 Å². The van der Waals surface area contributed by atoms with Crippen LogP contribution in [-0.2, 0) is 20.7 Å². The Morgan fingerprint density at radius 1 is 1.08 bits per heavy atom. The predicted octanol–water partition coefficient (Wildman–Crippen LogP) is 7.89. The van der Waals surface area contributed by atoms with Gasteiger partial charge in [0.25, 0.3) is 0 Å². The number of benzene rings is 2. The summed E-state index contributed by atoms with van der Waals surface area (Å²) in [7, 11) is 1.43. The molecule has 5 heterocycles. The second kappa shape index (κ2) is 15.3. The molecule has 1 atom stereocenters. The van der Waals surface area contributed by atoms with Crippen molar-refractivity contribution in [3.8, 4) is 28.1 Å². The zero-order valence-corrected chi connectivity index (χ0v) is 30.6. The lowest BCUT2D eigenvalue weighted by Crippen LogP contribution is -2.45. The normalized spacial score (nSPS) is 19.9. The number of rotatable bonds is 3. The van der Waals surface area contributed by atoms with Gasteiger partial charge < -0.3 is 24.2 Å². The Hall–Kier alpha value is -3.95. The van der Waals surface area contributed by atoms with Crippen LogP contribution in [-0.4, -0.2) is 69.8 Å². The minimum absolute atomic E-state index is 0.0967. The second-order valence-electron chi connectivity index (χ2n) is 14.5. The molecule has 9 nitrogen and oxygen atoms in total. The van der Waals surface area contributed by atoms with E-state index < -0.39 is 5.60 Å². The molecule has 9 heteroatoms. The number of methoxy groups -OCH3 is 1. The standard InChI is InChI=1S/C35H42N4O4.C5H12O/c1-23-12-13-31-29(19-23)26-10-8-11-27(20-26)30-22-32-36-25(3)28(21-33(40)41-5)34(39(32)37-30)38-16-14-35(4,15-17-38)42-18-7-6-9-24(2)43-31;1-4-5(2,3)6/h8,10-13,19-20,22,24H,6-7,9,14-18,21H2,1-5H3;6H,4H2,1-3H3. The van der Waals surface area contributed by atoms with Crippen molar-refractivity contribution in [2.45, 2.75) is 111 Å². The van der Waals surface area contributed by atoms with Gasteiger partial charge >= 0.3 is 5.97 Å². The molecule has 2 aromatic carbocycles. The van der Waals surface area contributed by atoms with Crippen LogP contribution in [0.1, 0.15) is 90.0 Å². The highest BCUT2D eigenvalue weighted by Gasteiger charge is 2.33. The van der Waals surface area contributed by atoms with Gasteiger partial charge in [-0.1, -0.05) is 36.8 Å². The van der Waals surface area contributed by atoms with Crippen LogP contribution >= 0.6 is 0 Å². The molecule has 49 heavy (non-hydrogen) atoms. The number of carbonyl (C=O) groups excluding carboxylic acids is 1. The predicted molar refractivity (Wildman–Crippen MR) is 195 cm³/mol. The summed E-state index contributed by atoms with van der Waals surface area (Å²) in [5.74, 6) is 1.51. The number of fused-ring (bicyclic) bond motifs is 8. The monoisotopic (exact) mass is 670 g/mol. The number of anilines is 1. The molecular weight excluding hydrogens is 616 g/mol. The van der Waals surface area contributed by atoms with Crippen molar-refractivity contribution in [2.75, 3.05) is 31.7 Å². The van der Waals surface area contributed by atoms with Crippen molar-refractivity contribution < 1.29 is 24.1 Å². The number of piperidine rings is 1. The van der Waals surface area contributed by atoms with E-state index in [-0.39, 0.29) is 24.1 Å². The zero-order valence-electron chi connectivity index (χ0n) is 30.6. The summed E-state index contributed by atoms with van der Waals surface area (Å²) in [4.78, 5) is 19.8. The summed E-state index contributed by atoms with van der Waals surface area (Å²) in [6, 6.07) is 16.9. The summed E-state index contributed by atoms with van der Waals surface area (Å²) < 4.78 is 20.0. The van der Waals surface area contributed by atoms with E-state index in [4.69, 9.17) is 29.4 Å². The molecule has 264 valence electrons. The van der Waals surface area contributed by atoms with Crippen LogP contribution < -0.4 is 9.64 Å². The van der Waals surface area contributed by atoms with Gasteiger partial charge in [0.1, 0.15) is 11.6 Å². The third-order valence-corrected chi connectivity index (χ3v) is 9.80. The fraction of sp³-hybridized carbons (Fsp3) is 0.525. The molecule has 1 unspecified atom stereocenters. The van der Waals surface area contributed by atoms with Gasteiger partial charge in [-0.3, -0.25) is 4.79 Å². The Balaban J connectivity index is 0.000000717. The number of aryl methyl sites for hydroxylation is 2. The van der Waals surface area contributed by atoms with Crippen molar-refractivity contribution in [1.82, 2.24) is 14.6 Å². The zero-order chi connectivity index (χ0) is 35.3. The molecule has 2 aromatic heterocycles. The van der Waals surface area contributed by atoms with Crippen LogP contribution in [0.2, 0.25) is 0 Å². The average Bonchev–Trinajstić information content (AvgIpc) is 3.49. The number of hydrogen-bond acceptors (Lipinski definition) is 8. The molecule has 7 rings (SSSR count). The molecule has 6 bridgehead atoms. The smallest absolute Gasteiger partial charge is 0.310 e. The van der Waals surface area contributed by atoms with Crippen LogP contribution in [0.5, 0.6) is 5.75 Å². The molecule has 3 aliphatic rings. The third kappa shape index (κ3) is 9.00. The van der Waals surface area contributed by atoms with Gasteiger partial charge in [0.2, 0.25) is 0 Å². The first-order chi connectivity index (χ1) is 23.3. The number of aliphatic hydroxyl groups is 1. The van der Waals surface area contributed by atoms with E-state index in [0.29, 0.717) is 0 Å². The molecule has 0 spiro atoms. The van der Waals surface area contributed by atoms with Gasteiger partial charge in [-0.25, -0.2) is 4.98 Å². The highest BCUT2D eigenvalue weighted by atomic mass is 16.5. The molecule has 1 N–H and O–H groups in total. The second-order valence-corrected chi connectivity index (χ2v) is 14.5. The highest BCUT2D eigenvalue weighted by Crippen LogP contribution is 2.37. The van der Waals surface area contributed by atoms with Crippen molar-refractivity contribution >= 4 is 17.4 Å². The van der Waals surface area contributed by atoms with Gasteiger partial charge in [0.15, 0.2) is 5.65 Å². The first kappa shape index (κ1) is 36.3. The molecule has 1 saturated heterocycles. The highest BCUT2D eigenvalue weighted by molar-refractivity contribution is 5.78. The fourth-order valence-electron chi connectivity index (χ4n) is 6.31. The first-order valence-corrected chi connectivity index (χ1v) is 17.7. The SMILES string of the molecule is CCC(C)(C)O.COC(=O)Cc1c(C)nc2cc3nn2c1N1CCC(C)(CC1)OCCCCC(C)Oc1ccc(C)cc1-c1cccc-3c1. The molecule has 0 radical (unpaired) electrons. The molecule has 3 aliphatic heterocycles. The molecule has 1 fully saturated rings. The summed E-state index contributed by atoms with van der Waals surface area (Å²) in [5, 5.41) is 13.9. The van der Waals surface area contributed by atoms with Gasteiger partial charge in [-0.05, 0) is 104 Å². The van der Waals surface area contributed by atoms with Crippen LogP contribution in [0.25, 0.3) is 28.0 Å². The van der Waals surface area contributed by atoms with E-state index in [1.54, 1.807) is 13.8 Å². The summed E-state index contributed by atoms with van der Waals surface area (Å²) in [5.41, 5.74) is 6.93. The first-order valence-electron chi connectivity index (χ1n) is 17.7. The number of nitrogens with zero attached hydrogens (tertiary/aromatic N) is 4. The van der Waals surface area contributed by atoms with Crippen molar-refractivity contribution in [1.29, 1.82) is 0 Å². The number of carbonyl (C=O) groups is 1. The number of esters is 1. The largest absolute Gasteiger partial charge is 0.490 e. The van der Waals surface area contributed by atoms with E-state index in [0.717, 1.165) is 109 Å². The van der Waals surface area contributed by atoms with E-state index in [9.17, 15) is 4.79 Å². The lowest BCUT2D eigenvalue weighted by Gasteiger charge is -2.41. The average molecular weight is 671 g/mol. The summed E-state index contributed by atoms with van der Waals surface area (Å²) >= 11 is 0. The van der Waals surface area contributed by atoms with Crippen molar-refractivity contribution in [3.05, 3.63) is 65.4 Å². The van der Waals surface area contributed by atoms with Crippen LogP contribution in [0.3, 0.4) is 0 Å². The van der Waals surface area contributed by atoms with Gasteiger partial charge in [-0.15, -0.1) is 0 Å². The van der Waals surface area contributed by atoms with Crippen LogP contribution in [0, 0.1) is 13.8 Å². The van der Waals surface area contributed by atoms with Crippen LogP contribution in [0.15, 0.2) is 48.5 Å². The molecule has 0 aliphatic carbocycles. The maximum absolute atomic E-state index is 12.5. The Labute approximate surface area is 291 Å². The fourth-order valence-corrected chi connectivity index (χ4v) is 6.31. The molecule has 0 amide bonds. The van der Waals surface area contributed by atoms with Crippen LogP contribution in [0.4, 0.5) is 5.82 Å². The van der Waals surface area contributed by atoms with Gasteiger partial charge in [-0.2, -0.15) is 9.61 Å². The summed E-state index contributed by atoms with van der Waals surface area (Å²) in [6.45, 7) is 16.3. The number of aromatic nitrogens is 3. The van der Waals surface area contributed by atoms with Gasteiger partial charge in [0, 0.05) is 48.1 Å². The summed E-state index contributed by atoms with van der Waals surface area (Å²) in [6.07, 6.45) is 5.86. The van der Waals surface area contributed by atoms with E-state index in [1.165, 1.54) is 12.7 Å². The van der Waals surface area contributed by atoms with Crippen molar-refractivity contribution in [3.63, 3.8) is 0 Å². The Kier molecular flexibility index (Phi) is 11.3.